The zero-order chi connectivity index (χ0) is 27.4. The van der Waals surface area contributed by atoms with E-state index in [2.05, 4.69) is 4.90 Å². The highest BCUT2D eigenvalue weighted by atomic mass is 32.2. The number of ether oxygens (including phenoxy) is 1. The monoisotopic (exact) mass is 558 g/mol. The Morgan fingerprint density at radius 1 is 1.03 bits per heavy atom. The first-order valence-corrected chi connectivity index (χ1v) is 15.4. The van der Waals surface area contributed by atoms with Gasteiger partial charge >= 0.3 is 0 Å². The molecule has 38 heavy (non-hydrogen) atoms. The van der Waals surface area contributed by atoms with Crippen LogP contribution in [0, 0.1) is 6.92 Å². The van der Waals surface area contributed by atoms with Gasteiger partial charge in [0.25, 0.3) is 5.91 Å². The molecule has 0 atom stereocenters. The minimum absolute atomic E-state index is 0.0294. The van der Waals surface area contributed by atoms with Crippen LogP contribution in [0.15, 0.2) is 41.3 Å². The Balaban J connectivity index is 1.62. The minimum Gasteiger partial charge on any atom is -0.494 e. The number of rotatable bonds is 10. The van der Waals surface area contributed by atoms with Gasteiger partial charge in [-0.05, 0) is 82.7 Å². The van der Waals surface area contributed by atoms with E-state index in [1.54, 1.807) is 43.3 Å². The zero-order valence-corrected chi connectivity index (χ0v) is 24.6. The molecule has 0 saturated heterocycles. The van der Waals surface area contributed by atoms with Crippen LogP contribution in [-0.4, -0.2) is 75.9 Å². The molecule has 0 unspecified atom stereocenters. The number of hydrogen-bond donors (Lipinski definition) is 0. The molecule has 1 aromatic heterocycles. The number of methoxy groups -OCH3 is 1. The molecule has 1 saturated carbocycles. The van der Waals surface area contributed by atoms with Gasteiger partial charge in [-0.3, -0.25) is 9.69 Å². The van der Waals surface area contributed by atoms with Crippen molar-refractivity contribution in [3.05, 3.63) is 47.5 Å². The first-order valence-electron chi connectivity index (χ1n) is 13.1. The van der Waals surface area contributed by atoms with Crippen molar-refractivity contribution >= 4 is 42.6 Å². The number of carbonyl (C=O) groups excluding carboxylic acids is 1. The molecule has 1 fully saturated rings. The van der Waals surface area contributed by atoms with Crippen LogP contribution in [0.1, 0.15) is 54.4 Å². The summed E-state index contributed by atoms with van der Waals surface area (Å²) in [5, 5.41) is 0.602. The molecule has 3 aromatic rings. The third-order valence-corrected chi connectivity index (χ3v) is 10.4. The summed E-state index contributed by atoms with van der Waals surface area (Å²) in [5.74, 6) is 0.467. The molecule has 0 aliphatic heterocycles. The molecule has 0 bridgehead atoms. The SMILES string of the molecule is COc1ccc(C)c2sc(N(CCCN(C)C)C(=O)c3ccc(S(=O)(=O)N(C)C4CCCCC4)cc3)nc12. The van der Waals surface area contributed by atoms with Gasteiger partial charge in [-0.1, -0.05) is 36.7 Å². The highest BCUT2D eigenvalue weighted by Gasteiger charge is 2.30. The van der Waals surface area contributed by atoms with E-state index in [0.29, 0.717) is 23.0 Å². The highest BCUT2D eigenvalue weighted by Crippen LogP contribution is 2.37. The second-order valence-corrected chi connectivity index (χ2v) is 13.2. The average molecular weight is 559 g/mol. The minimum atomic E-state index is -3.63. The van der Waals surface area contributed by atoms with Crippen molar-refractivity contribution in [1.29, 1.82) is 0 Å². The predicted molar refractivity (Wildman–Crippen MR) is 154 cm³/mol. The molecule has 4 rings (SSSR count). The van der Waals surface area contributed by atoms with Crippen LogP contribution in [0.2, 0.25) is 0 Å². The Bertz CT molecular complexity index is 1360. The largest absolute Gasteiger partial charge is 0.494 e. The molecular weight excluding hydrogens is 520 g/mol. The predicted octanol–water partition coefficient (Wildman–Crippen LogP) is 5.17. The summed E-state index contributed by atoms with van der Waals surface area (Å²) in [6, 6.07) is 10.2. The summed E-state index contributed by atoms with van der Waals surface area (Å²) < 4.78 is 34.5. The number of benzene rings is 2. The standard InChI is InChI=1S/C28H38N4O4S2/c1-20-12-17-24(36-5)25-26(20)37-28(29-25)32(19-9-18-30(2)3)27(33)21-13-15-23(16-14-21)38(34,35)31(4)22-10-7-6-8-11-22/h12-17,22H,6-11,18-19H2,1-5H3. The Morgan fingerprint density at radius 2 is 1.71 bits per heavy atom. The molecule has 1 aliphatic rings. The third-order valence-electron chi connectivity index (χ3n) is 7.24. The summed E-state index contributed by atoms with van der Waals surface area (Å²) in [7, 11) is 3.66. The number of fused-ring (bicyclic) bond motifs is 1. The van der Waals surface area contributed by atoms with Crippen molar-refractivity contribution in [3.8, 4) is 5.75 Å². The summed E-state index contributed by atoms with van der Waals surface area (Å²) in [6.45, 7) is 3.33. The summed E-state index contributed by atoms with van der Waals surface area (Å²) in [6.07, 6.45) is 5.82. The van der Waals surface area contributed by atoms with Crippen molar-refractivity contribution in [2.75, 3.05) is 46.2 Å². The number of nitrogens with zero attached hydrogens (tertiary/aromatic N) is 4. The topological polar surface area (TPSA) is 83.0 Å². The zero-order valence-electron chi connectivity index (χ0n) is 22.9. The van der Waals surface area contributed by atoms with Gasteiger partial charge in [0.2, 0.25) is 10.0 Å². The molecule has 8 nitrogen and oxygen atoms in total. The van der Waals surface area contributed by atoms with Gasteiger partial charge in [0.15, 0.2) is 5.13 Å². The molecule has 1 heterocycles. The fraction of sp³-hybridized carbons (Fsp3) is 0.500. The van der Waals surface area contributed by atoms with Crippen LogP contribution >= 0.6 is 11.3 Å². The van der Waals surface area contributed by atoms with Gasteiger partial charge in [0.1, 0.15) is 11.3 Å². The summed E-state index contributed by atoms with van der Waals surface area (Å²) >= 11 is 1.47. The maximum absolute atomic E-state index is 13.8. The fourth-order valence-corrected chi connectivity index (χ4v) is 7.43. The Hall–Kier alpha value is -2.53. The number of aromatic nitrogens is 1. The molecule has 2 aromatic carbocycles. The first kappa shape index (κ1) is 28.5. The molecule has 1 amide bonds. The van der Waals surface area contributed by atoms with Crippen molar-refractivity contribution in [2.45, 2.75) is 56.4 Å². The van der Waals surface area contributed by atoms with E-state index in [0.717, 1.165) is 60.8 Å². The smallest absolute Gasteiger partial charge is 0.260 e. The average Bonchev–Trinajstić information content (AvgIpc) is 3.37. The normalized spacial score (nSPS) is 14.9. The lowest BCUT2D eigenvalue weighted by molar-refractivity contribution is 0.0986. The van der Waals surface area contributed by atoms with E-state index in [-0.39, 0.29) is 16.8 Å². The molecule has 0 spiro atoms. The molecule has 1 aliphatic carbocycles. The number of amides is 1. The molecule has 0 radical (unpaired) electrons. The van der Waals surface area contributed by atoms with Crippen molar-refractivity contribution in [2.24, 2.45) is 0 Å². The van der Waals surface area contributed by atoms with Crippen molar-refractivity contribution in [3.63, 3.8) is 0 Å². The molecule has 0 N–H and O–H groups in total. The molecule has 10 heteroatoms. The van der Waals surface area contributed by atoms with Crippen LogP contribution in [0.5, 0.6) is 5.75 Å². The number of anilines is 1. The second kappa shape index (κ2) is 12.1. The number of aryl methyl sites for hydroxylation is 1. The Morgan fingerprint density at radius 3 is 2.34 bits per heavy atom. The third kappa shape index (κ3) is 6.03. The van der Waals surface area contributed by atoms with Crippen LogP contribution in [-0.2, 0) is 10.0 Å². The van der Waals surface area contributed by atoms with E-state index in [1.807, 2.05) is 33.2 Å². The Kier molecular flexibility index (Phi) is 9.07. The molecular formula is C28H38N4O4S2. The maximum Gasteiger partial charge on any atom is 0.260 e. The van der Waals surface area contributed by atoms with E-state index in [4.69, 9.17) is 9.72 Å². The number of hydrogen-bond acceptors (Lipinski definition) is 7. The van der Waals surface area contributed by atoms with Crippen molar-refractivity contribution < 1.29 is 17.9 Å². The number of carbonyl (C=O) groups is 1. The lowest BCUT2D eigenvalue weighted by Crippen LogP contribution is -2.38. The van der Waals surface area contributed by atoms with Gasteiger partial charge in [0.05, 0.1) is 16.7 Å². The second-order valence-electron chi connectivity index (χ2n) is 10.2. The quantitative estimate of drug-likeness (QED) is 0.342. The van der Waals surface area contributed by atoms with E-state index in [9.17, 15) is 13.2 Å². The van der Waals surface area contributed by atoms with Crippen molar-refractivity contribution in [1.82, 2.24) is 14.2 Å². The lowest BCUT2D eigenvalue weighted by Gasteiger charge is -2.30. The van der Waals surface area contributed by atoms with Gasteiger partial charge in [-0.15, -0.1) is 0 Å². The summed E-state index contributed by atoms with van der Waals surface area (Å²) in [4.78, 5) is 22.6. The van der Waals surface area contributed by atoms with Gasteiger partial charge in [-0.25, -0.2) is 13.4 Å². The van der Waals surface area contributed by atoms with Gasteiger partial charge < -0.3 is 9.64 Å². The first-order chi connectivity index (χ1) is 18.1. The maximum atomic E-state index is 13.8. The van der Waals surface area contributed by atoms with Crippen LogP contribution in [0.4, 0.5) is 5.13 Å². The van der Waals surface area contributed by atoms with E-state index in [1.165, 1.54) is 15.6 Å². The van der Waals surface area contributed by atoms with Crippen LogP contribution in [0.3, 0.4) is 0 Å². The van der Waals surface area contributed by atoms with Gasteiger partial charge in [0, 0.05) is 25.2 Å². The van der Waals surface area contributed by atoms with E-state index >= 15 is 0 Å². The van der Waals surface area contributed by atoms with Crippen LogP contribution < -0.4 is 9.64 Å². The van der Waals surface area contributed by atoms with Gasteiger partial charge in [-0.2, -0.15) is 4.31 Å². The van der Waals surface area contributed by atoms with E-state index < -0.39 is 10.0 Å². The number of thiazole rings is 1. The fourth-order valence-electron chi connectivity index (χ4n) is 4.94. The lowest BCUT2D eigenvalue weighted by atomic mass is 9.96. The van der Waals surface area contributed by atoms with Crippen LogP contribution in [0.25, 0.3) is 10.2 Å². The highest BCUT2D eigenvalue weighted by molar-refractivity contribution is 7.89. The Labute approximate surface area is 230 Å². The number of sulfonamides is 1. The summed E-state index contributed by atoms with van der Waals surface area (Å²) in [5.41, 5.74) is 2.24. The molecule has 206 valence electrons.